The molecule has 0 aliphatic heterocycles. The van der Waals surface area contributed by atoms with Gasteiger partial charge in [-0.1, -0.05) is 255 Å². The summed E-state index contributed by atoms with van der Waals surface area (Å²) in [5.74, 6) is 0. The summed E-state index contributed by atoms with van der Waals surface area (Å²) in [5, 5.41) is 12.4. The van der Waals surface area contributed by atoms with Gasteiger partial charge in [0.15, 0.2) is 0 Å². The van der Waals surface area contributed by atoms with Crippen LogP contribution in [0.2, 0.25) is 0 Å². The predicted molar refractivity (Wildman–Crippen MR) is 420 cm³/mol. The highest BCUT2D eigenvalue weighted by Gasteiger charge is 2.23. The summed E-state index contributed by atoms with van der Waals surface area (Å²) in [5.41, 5.74) is 26.0. The standard InChI is InChI=1S/C50H33N3.C44H29N3/c1-4-14-34(15-5-1)37-25-26-44-42-20-10-12-22-46(42)52(48(44)32-37)40-30-38(35-16-6-2-7-17-35)31-41(33-40)53-47-23-13-11-21-43(47)45-27-24-36-28-29-51(49(36)50(45)53)39-18-8-3-9-19-39;1-3-12-30(13-4-1)32-23-24-38-36-18-7-9-20-40(36)46(42(38)28-32)34-16-11-17-35(29-34)47-41-21-10-8-19-37(41)39-25-22-31-26-27-45(43(31)44(39)47)33-14-5-2-6-15-33/h1-33H;1-29H. The molecular weight excluding hydrogens is 1210 g/mol. The van der Waals surface area contributed by atoms with Gasteiger partial charge in [0, 0.05) is 100 Å². The first-order chi connectivity index (χ1) is 49.6. The van der Waals surface area contributed by atoms with E-state index in [1.54, 1.807) is 0 Å². The molecule has 468 valence electrons. The maximum atomic E-state index is 2.49. The predicted octanol–water partition coefficient (Wildman–Crippen LogP) is 24.7. The monoisotopic (exact) mass is 1270 g/mol. The Bertz CT molecular complexity index is 6740. The van der Waals surface area contributed by atoms with Crippen LogP contribution in [-0.4, -0.2) is 27.4 Å². The van der Waals surface area contributed by atoms with Crippen LogP contribution in [0.15, 0.2) is 376 Å². The zero-order valence-corrected chi connectivity index (χ0v) is 54.5. The van der Waals surface area contributed by atoms with E-state index in [0.717, 1.165) is 34.1 Å². The smallest absolute Gasteiger partial charge is 0.0788 e. The van der Waals surface area contributed by atoms with Crippen molar-refractivity contribution in [2.24, 2.45) is 0 Å². The van der Waals surface area contributed by atoms with Gasteiger partial charge in [-0.3, -0.25) is 0 Å². The number of aromatic nitrogens is 6. The molecule has 6 heterocycles. The minimum absolute atomic E-state index is 1.12. The van der Waals surface area contributed by atoms with Gasteiger partial charge < -0.3 is 27.4 Å². The van der Waals surface area contributed by atoms with Gasteiger partial charge in [-0.15, -0.1) is 0 Å². The SMILES string of the molecule is c1ccc(-c2cc(-n3c4ccccc4c4ccc(-c5ccccc5)cc43)cc(-n3c4ccccc4c4ccc5ccn(-c6ccccc6)c5c43)c2)cc1.c1ccc(-c2ccc3c4ccccc4n(-c4cccc(-n5c6ccccc6c6ccc7ccn(-c8ccccc8)c7c65)c4)c3c2)cc1. The molecule has 0 atom stereocenters. The maximum Gasteiger partial charge on any atom is 0.0788 e. The van der Waals surface area contributed by atoms with Gasteiger partial charge in [-0.2, -0.15) is 0 Å². The molecule has 6 aromatic heterocycles. The summed E-state index contributed by atoms with van der Waals surface area (Å²) in [4.78, 5) is 0. The highest BCUT2D eigenvalue weighted by atomic mass is 15.1. The van der Waals surface area contributed by atoms with Crippen LogP contribution < -0.4 is 0 Å². The average molecular weight is 1280 g/mol. The Morgan fingerprint density at radius 3 is 0.910 bits per heavy atom. The van der Waals surface area contributed by atoms with Gasteiger partial charge in [-0.25, -0.2) is 0 Å². The van der Waals surface area contributed by atoms with Gasteiger partial charge in [0.2, 0.25) is 0 Å². The van der Waals surface area contributed by atoms with E-state index in [1.807, 2.05) is 0 Å². The minimum atomic E-state index is 1.12. The first-order valence-corrected chi connectivity index (χ1v) is 34.3. The van der Waals surface area contributed by atoms with Crippen molar-refractivity contribution in [2.75, 3.05) is 0 Å². The van der Waals surface area contributed by atoms with Crippen molar-refractivity contribution in [1.29, 1.82) is 0 Å². The van der Waals surface area contributed by atoms with E-state index in [-0.39, 0.29) is 0 Å². The number of hydrogen-bond acceptors (Lipinski definition) is 0. The first kappa shape index (κ1) is 56.9. The second-order valence-corrected chi connectivity index (χ2v) is 26.1. The normalized spacial score (nSPS) is 11.8. The lowest BCUT2D eigenvalue weighted by Gasteiger charge is -2.17. The van der Waals surface area contributed by atoms with E-state index < -0.39 is 0 Å². The van der Waals surface area contributed by atoms with E-state index in [2.05, 4.69) is 404 Å². The van der Waals surface area contributed by atoms with E-state index in [4.69, 9.17) is 0 Å². The summed E-state index contributed by atoms with van der Waals surface area (Å²) in [6.45, 7) is 0. The number of nitrogens with zero attached hydrogens (tertiary/aromatic N) is 6. The summed E-state index contributed by atoms with van der Waals surface area (Å²) < 4.78 is 14.5. The number of benzene rings is 15. The first-order valence-electron chi connectivity index (χ1n) is 34.3. The molecular formula is C94H62N6. The summed E-state index contributed by atoms with van der Waals surface area (Å²) >= 11 is 0. The van der Waals surface area contributed by atoms with Crippen molar-refractivity contribution in [2.45, 2.75) is 0 Å². The number of hydrogen-bond donors (Lipinski definition) is 0. The molecule has 0 saturated heterocycles. The molecule has 0 aliphatic rings. The third-order valence-corrected chi connectivity index (χ3v) is 20.5. The fourth-order valence-electron chi connectivity index (χ4n) is 16.0. The molecule has 0 amide bonds. The fraction of sp³-hybridized carbons (Fsp3) is 0. The highest BCUT2D eigenvalue weighted by molar-refractivity contribution is 6.20. The molecule has 100 heavy (non-hydrogen) atoms. The molecule has 6 nitrogen and oxygen atoms in total. The molecule has 0 unspecified atom stereocenters. The second kappa shape index (κ2) is 23.2. The number of rotatable bonds is 9. The third kappa shape index (κ3) is 9.12. The van der Waals surface area contributed by atoms with Crippen molar-refractivity contribution < 1.29 is 0 Å². The largest absolute Gasteiger partial charge is 0.315 e. The van der Waals surface area contributed by atoms with Crippen LogP contribution in [0, 0.1) is 0 Å². The Kier molecular flexibility index (Phi) is 13.2. The summed E-state index contributed by atoms with van der Waals surface area (Å²) in [7, 11) is 0. The van der Waals surface area contributed by atoms with Crippen molar-refractivity contribution >= 4 is 109 Å². The Hall–Kier alpha value is -13.4. The van der Waals surface area contributed by atoms with Crippen LogP contribution in [-0.2, 0) is 0 Å². The fourth-order valence-corrected chi connectivity index (χ4v) is 16.0. The van der Waals surface area contributed by atoms with Crippen molar-refractivity contribution in [3.63, 3.8) is 0 Å². The van der Waals surface area contributed by atoms with Gasteiger partial charge in [0.25, 0.3) is 0 Å². The average Bonchev–Trinajstić information content (AvgIpc) is 1.57. The van der Waals surface area contributed by atoms with Crippen LogP contribution >= 0.6 is 0 Å². The van der Waals surface area contributed by atoms with Crippen LogP contribution in [0.3, 0.4) is 0 Å². The highest BCUT2D eigenvalue weighted by Crippen LogP contribution is 2.44. The van der Waals surface area contributed by atoms with Gasteiger partial charge in [0.05, 0.1) is 55.2 Å². The third-order valence-electron chi connectivity index (χ3n) is 20.5. The van der Waals surface area contributed by atoms with Gasteiger partial charge in [0.1, 0.15) is 0 Å². The molecule has 0 bridgehead atoms. The minimum Gasteiger partial charge on any atom is -0.315 e. The van der Waals surface area contributed by atoms with E-state index in [0.29, 0.717) is 0 Å². The molecule has 6 heteroatoms. The molecule has 0 saturated carbocycles. The maximum absolute atomic E-state index is 2.49. The van der Waals surface area contributed by atoms with E-state index >= 15 is 0 Å². The van der Waals surface area contributed by atoms with Crippen LogP contribution in [0.25, 0.3) is 177 Å². The molecule has 15 aromatic carbocycles. The Labute approximate surface area is 576 Å². The zero-order chi connectivity index (χ0) is 65.8. The van der Waals surface area contributed by atoms with Crippen molar-refractivity contribution in [1.82, 2.24) is 27.4 Å². The Morgan fingerprint density at radius 1 is 0.150 bits per heavy atom. The Morgan fingerprint density at radius 2 is 0.460 bits per heavy atom. The molecule has 0 radical (unpaired) electrons. The van der Waals surface area contributed by atoms with E-state index in [1.165, 1.54) is 142 Å². The van der Waals surface area contributed by atoms with Crippen LogP contribution in [0.5, 0.6) is 0 Å². The quantitative estimate of drug-likeness (QED) is 0.138. The number of fused-ring (bicyclic) bond motifs is 16. The second-order valence-electron chi connectivity index (χ2n) is 26.1. The molecule has 0 N–H and O–H groups in total. The molecule has 21 rings (SSSR count). The molecule has 21 aromatic rings. The van der Waals surface area contributed by atoms with Crippen molar-refractivity contribution in [3.8, 4) is 67.5 Å². The molecule has 0 spiro atoms. The van der Waals surface area contributed by atoms with E-state index in [9.17, 15) is 0 Å². The molecule has 0 fully saturated rings. The lowest BCUT2D eigenvalue weighted by molar-refractivity contribution is 1.11. The summed E-state index contributed by atoms with van der Waals surface area (Å²) in [6.07, 6.45) is 4.40. The Balaban J connectivity index is 0.000000136. The van der Waals surface area contributed by atoms with Crippen LogP contribution in [0.1, 0.15) is 0 Å². The topological polar surface area (TPSA) is 29.6 Å². The van der Waals surface area contributed by atoms with Crippen molar-refractivity contribution in [3.05, 3.63) is 376 Å². The van der Waals surface area contributed by atoms with Crippen LogP contribution in [0.4, 0.5) is 0 Å². The lowest BCUT2D eigenvalue weighted by Crippen LogP contribution is -2.01. The number of para-hydroxylation sites is 6. The summed E-state index contributed by atoms with van der Waals surface area (Å²) in [6, 6.07) is 132. The van der Waals surface area contributed by atoms with Gasteiger partial charge >= 0.3 is 0 Å². The zero-order valence-electron chi connectivity index (χ0n) is 54.5. The lowest BCUT2D eigenvalue weighted by atomic mass is 10.0. The molecule has 0 aliphatic carbocycles. The van der Waals surface area contributed by atoms with Gasteiger partial charge in [-0.05, 0) is 143 Å².